The highest BCUT2D eigenvalue weighted by Gasteiger charge is 2.28. The summed E-state index contributed by atoms with van der Waals surface area (Å²) in [6.07, 6.45) is 0.489. The summed E-state index contributed by atoms with van der Waals surface area (Å²) in [6.45, 7) is 0. The molecule has 0 unspecified atom stereocenters. The molecule has 5 nitrogen and oxygen atoms in total. The van der Waals surface area contributed by atoms with Crippen molar-refractivity contribution < 1.29 is 9.13 Å². The van der Waals surface area contributed by atoms with Crippen molar-refractivity contribution in [3.8, 4) is 0 Å². The lowest BCUT2D eigenvalue weighted by molar-refractivity contribution is -0.384. The number of benzene rings is 3. The fraction of sp³-hybridized carbons (Fsp3) is 0.0952. The lowest BCUT2D eigenvalue weighted by atomic mass is 10.0. The predicted octanol–water partition coefficient (Wildman–Crippen LogP) is 4.97. The quantitative estimate of drug-likeness (QED) is 0.479. The van der Waals surface area contributed by atoms with Crippen LogP contribution in [0.25, 0.3) is 0 Å². The lowest BCUT2D eigenvalue weighted by Gasteiger charge is -2.16. The van der Waals surface area contributed by atoms with E-state index in [0.717, 1.165) is 16.8 Å². The summed E-state index contributed by atoms with van der Waals surface area (Å²) in [6, 6.07) is 23.6. The van der Waals surface area contributed by atoms with Crippen LogP contribution in [0, 0.1) is 10.1 Å². The molecule has 134 valence electrons. The number of nitro groups is 1. The Morgan fingerprint density at radius 1 is 0.926 bits per heavy atom. The van der Waals surface area contributed by atoms with E-state index in [2.05, 4.69) is 0 Å². The number of non-ortho nitro benzene ring substituents is 1. The maximum absolute atomic E-state index is 13.3. The summed E-state index contributed by atoms with van der Waals surface area (Å²) < 4.78 is 13.3. The van der Waals surface area contributed by atoms with E-state index >= 15 is 0 Å². The number of nitrogens with zero attached hydrogens (tertiary/aromatic N) is 2. The van der Waals surface area contributed by atoms with Gasteiger partial charge in [-0.25, -0.2) is 0 Å². The Morgan fingerprint density at radius 3 is 2.30 bits per heavy atom. The van der Waals surface area contributed by atoms with Crippen molar-refractivity contribution in [2.45, 2.75) is 16.6 Å². The Balaban J connectivity index is 1.82. The van der Waals surface area contributed by atoms with Gasteiger partial charge in [0.25, 0.3) is 5.69 Å². The Hall–Kier alpha value is -3.12. The van der Waals surface area contributed by atoms with Crippen molar-refractivity contribution in [2.24, 2.45) is 4.99 Å². The van der Waals surface area contributed by atoms with Gasteiger partial charge < -0.3 is 0 Å². The van der Waals surface area contributed by atoms with E-state index in [9.17, 15) is 14.3 Å². The number of fused-ring (bicyclic) bond motifs is 1. The molecule has 0 amide bonds. The maximum atomic E-state index is 13.3. The second-order valence-electron chi connectivity index (χ2n) is 6.23. The first-order chi connectivity index (χ1) is 13.1. The summed E-state index contributed by atoms with van der Waals surface area (Å²) in [4.78, 5) is 16.0. The van der Waals surface area contributed by atoms with E-state index in [1.165, 1.54) is 12.1 Å². The third-order valence-corrected chi connectivity index (χ3v) is 6.29. The normalized spacial score (nSPS) is 18.9. The minimum Gasteiger partial charge on any atom is -0.258 e. The van der Waals surface area contributed by atoms with Gasteiger partial charge in [-0.05, 0) is 35.4 Å². The van der Waals surface area contributed by atoms with Crippen LogP contribution in [0.3, 0.4) is 0 Å². The molecule has 1 aliphatic heterocycles. The number of nitro benzene ring substituents is 1. The molecule has 0 aliphatic carbocycles. The van der Waals surface area contributed by atoms with Crippen molar-refractivity contribution in [1.29, 1.82) is 0 Å². The molecule has 3 aromatic rings. The van der Waals surface area contributed by atoms with Crippen LogP contribution >= 0.6 is 0 Å². The minimum atomic E-state index is -1.25. The van der Waals surface area contributed by atoms with Crippen LogP contribution in [0.5, 0.6) is 0 Å². The predicted molar refractivity (Wildman–Crippen MR) is 106 cm³/mol. The van der Waals surface area contributed by atoms with Gasteiger partial charge in [0, 0.05) is 24.3 Å². The summed E-state index contributed by atoms with van der Waals surface area (Å²) in [7, 11) is -1.25. The van der Waals surface area contributed by atoms with Crippen molar-refractivity contribution in [3.63, 3.8) is 0 Å². The monoisotopic (exact) mass is 376 g/mol. The Kier molecular flexibility index (Phi) is 4.64. The molecule has 0 radical (unpaired) electrons. The molecule has 1 aliphatic rings. The van der Waals surface area contributed by atoms with E-state index in [0.29, 0.717) is 17.0 Å². The van der Waals surface area contributed by atoms with Crippen LogP contribution in [0.4, 0.5) is 11.4 Å². The molecule has 0 spiro atoms. The van der Waals surface area contributed by atoms with Gasteiger partial charge in [-0.1, -0.05) is 42.5 Å². The highest BCUT2D eigenvalue weighted by Crippen LogP contribution is 2.38. The molecule has 6 heteroatoms. The molecule has 0 aromatic heterocycles. The standard InChI is InChI=1S/C21H16N2O3S/c24-23(25)17-12-10-15(11-13-17)19-14-21(16-6-2-1-3-7-16)27(26)20-9-5-4-8-18(20)22-19/h1-13,21H,14H2/t21-,27+/m0/s1. The average Bonchev–Trinajstić information content (AvgIpc) is 2.86. The molecule has 27 heavy (non-hydrogen) atoms. The van der Waals surface area contributed by atoms with Gasteiger partial charge >= 0.3 is 0 Å². The zero-order valence-electron chi connectivity index (χ0n) is 14.3. The maximum Gasteiger partial charge on any atom is 0.269 e. The summed E-state index contributed by atoms with van der Waals surface area (Å²) in [5.41, 5.74) is 3.29. The van der Waals surface area contributed by atoms with Crippen LogP contribution < -0.4 is 0 Å². The molecule has 0 bridgehead atoms. The van der Waals surface area contributed by atoms with E-state index in [-0.39, 0.29) is 10.9 Å². The van der Waals surface area contributed by atoms with Crippen LogP contribution in [-0.2, 0) is 10.8 Å². The van der Waals surface area contributed by atoms with Crippen molar-refractivity contribution in [2.75, 3.05) is 0 Å². The Labute approximate surface area is 159 Å². The number of hydrogen-bond donors (Lipinski definition) is 0. The van der Waals surface area contributed by atoms with Crippen molar-refractivity contribution >= 4 is 27.9 Å². The molecule has 0 saturated heterocycles. The number of rotatable bonds is 3. The fourth-order valence-corrected chi connectivity index (χ4v) is 4.73. The van der Waals surface area contributed by atoms with Gasteiger partial charge in [-0.2, -0.15) is 0 Å². The molecular weight excluding hydrogens is 360 g/mol. The molecular formula is C21H16N2O3S. The SMILES string of the molecule is O=[N+]([O-])c1ccc(C2=Nc3ccccc3[S@@](=O)[C@H](c3ccccc3)C2)cc1. The highest BCUT2D eigenvalue weighted by molar-refractivity contribution is 7.85. The van der Waals surface area contributed by atoms with E-state index in [4.69, 9.17) is 4.99 Å². The zero-order chi connectivity index (χ0) is 18.8. The third-order valence-electron chi connectivity index (χ3n) is 4.56. The third kappa shape index (κ3) is 3.44. The minimum absolute atomic E-state index is 0.0385. The fourth-order valence-electron chi connectivity index (χ4n) is 3.18. The van der Waals surface area contributed by atoms with Crippen LogP contribution in [0.15, 0.2) is 88.8 Å². The number of para-hydroxylation sites is 1. The molecule has 0 N–H and O–H groups in total. The first-order valence-corrected chi connectivity index (χ1v) is 9.72. The van der Waals surface area contributed by atoms with Gasteiger partial charge in [0.05, 0.1) is 31.6 Å². The van der Waals surface area contributed by atoms with Gasteiger partial charge in [-0.3, -0.25) is 19.3 Å². The van der Waals surface area contributed by atoms with Gasteiger partial charge in [0.2, 0.25) is 0 Å². The second-order valence-corrected chi connectivity index (χ2v) is 7.83. The molecule has 0 fully saturated rings. The highest BCUT2D eigenvalue weighted by atomic mass is 32.2. The number of aliphatic imine (C=N–C) groups is 1. The summed E-state index contributed by atoms with van der Waals surface area (Å²) >= 11 is 0. The first kappa shape index (κ1) is 17.3. The molecule has 1 heterocycles. The first-order valence-electron chi connectivity index (χ1n) is 8.50. The van der Waals surface area contributed by atoms with E-state index in [1.54, 1.807) is 12.1 Å². The molecule has 2 atom stereocenters. The Morgan fingerprint density at radius 2 is 1.59 bits per heavy atom. The topological polar surface area (TPSA) is 72.6 Å². The van der Waals surface area contributed by atoms with Gasteiger partial charge in [-0.15, -0.1) is 0 Å². The molecule has 3 aromatic carbocycles. The molecule has 0 saturated carbocycles. The summed E-state index contributed by atoms with van der Waals surface area (Å²) in [5.74, 6) is 0. The van der Waals surface area contributed by atoms with E-state index < -0.39 is 15.7 Å². The van der Waals surface area contributed by atoms with Gasteiger partial charge in [0.1, 0.15) is 0 Å². The lowest BCUT2D eigenvalue weighted by Crippen LogP contribution is -2.11. The zero-order valence-corrected chi connectivity index (χ0v) is 15.1. The smallest absolute Gasteiger partial charge is 0.258 e. The van der Waals surface area contributed by atoms with Crippen molar-refractivity contribution in [1.82, 2.24) is 0 Å². The number of hydrogen-bond acceptors (Lipinski definition) is 4. The van der Waals surface area contributed by atoms with Crippen LogP contribution in [0.1, 0.15) is 22.8 Å². The van der Waals surface area contributed by atoms with Crippen LogP contribution in [0.2, 0.25) is 0 Å². The average molecular weight is 376 g/mol. The van der Waals surface area contributed by atoms with Crippen LogP contribution in [-0.4, -0.2) is 14.8 Å². The van der Waals surface area contributed by atoms with E-state index in [1.807, 2.05) is 54.6 Å². The van der Waals surface area contributed by atoms with Crippen molar-refractivity contribution in [3.05, 3.63) is 100 Å². The Bertz CT molecular complexity index is 1050. The molecule has 4 rings (SSSR count). The largest absolute Gasteiger partial charge is 0.269 e. The summed E-state index contributed by atoms with van der Waals surface area (Å²) in [5, 5.41) is 10.7. The second kappa shape index (κ2) is 7.25. The van der Waals surface area contributed by atoms with Gasteiger partial charge in [0.15, 0.2) is 0 Å².